The molecule has 0 radical (unpaired) electrons. The molecule has 2 aromatic rings. The summed E-state index contributed by atoms with van der Waals surface area (Å²) in [6.45, 7) is 2.16. The molecule has 0 aromatic heterocycles. The van der Waals surface area contributed by atoms with Crippen molar-refractivity contribution >= 4 is 29.9 Å². The number of methoxy groups -OCH3 is 2. The summed E-state index contributed by atoms with van der Waals surface area (Å²) in [4.78, 5) is 64.0. The van der Waals surface area contributed by atoms with Crippen molar-refractivity contribution in [2.24, 2.45) is 17.4 Å². The van der Waals surface area contributed by atoms with Crippen molar-refractivity contribution in [1.82, 2.24) is 10.2 Å². The van der Waals surface area contributed by atoms with Crippen molar-refractivity contribution in [2.75, 3.05) is 34.0 Å². The molecule has 1 saturated heterocycles. The van der Waals surface area contributed by atoms with E-state index in [1.54, 1.807) is 13.0 Å². The summed E-state index contributed by atoms with van der Waals surface area (Å²) in [7, 11) is 2.65. The summed E-state index contributed by atoms with van der Waals surface area (Å²) in [6.07, 6.45) is 1.68. The molecule has 5 N–H and O–H groups in total. The quantitative estimate of drug-likeness (QED) is 0.126. The van der Waals surface area contributed by atoms with E-state index in [0.717, 1.165) is 22.3 Å². The van der Waals surface area contributed by atoms with Crippen LogP contribution in [0.15, 0.2) is 77.1 Å². The average Bonchev–Trinajstić information content (AvgIpc) is 3.61. The maximum Gasteiger partial charge on any atom is 0.408 e. The smallest absolute Gasteiger partial charge is 0.408 e. The van der Waals surface area contributed by atoms with E-state index in [1.807, 2.05) is 54.5 Å². The highest BCUT2D eigenvalue weighted by Gasteiger charge is 2.40. The molecule has 0 bridgehead atoms. The first-order valence-corrected chi connectivity index (χ1v) is 17.3. The summed E-state index contributed by atoms with van der Waals surface area (Å²) < 4.78 is 20.9. The highest BCUT2D eigenvalue weighted by atomic mass is 16.5. The van der Waals surface area contributed by atoms with Crippen LogP contribution in [0.3, 0.4) is 0 Å². The number of benzene rings is 2. The number of nitrogens with two attached hydrogens (primary N) is 2. The van der Waals surface area contributed by atoms with Crippen molar-refractivity contribution in [3.63, 3.8) is 0 Å². The number of allylic oxidation sites excluding steroid dienone is 4. The molecule has 1 heterocycles. The average molecular weight is 737 g/mol. The lowest BCUT2D eigenvalue weighted by molar-refractivity contribution is -0.150. The van der Waals surface area contributed by atoms with Gasteiger partial charge in [-0.1, -0.05) is 72.2 Å². The van der Waals surface area contributed by atoms with E-state index in [-0.39, 0.29) is 56.3 Å². The lowest BCUT2D eigenvalue weighted by Gasteiger charge is -2.22. The van der Waals surface area contributed by atoms with Crippen LogP contribution in [0.2, 0.25) is 0 Å². The lowest BCUT2D eigenvalue weighted by Crippen LogP contribution is -2.42. The van der Waals surface area contributed by atoms with Gasteiger partial charge in [0.1, 0.15) is 17.7 Å². The highest BCUT2D eigenvalue weighted by molar-refractivity contribution is 5.86. The molecule has 13 nitrogen and oxygen atoms in total. The minimum absolute atomic E-state index is 0.0623. The maximum atomic E-state index is 13.1. The van der Waals surface area contributed by atoms with Crippen molar-refractivity contribution in [3.8, 4) is 23.7 Å². The van der Waals surface area contributed by atoms with Crippen LogP contribution in [-0.4, -0.2) is 80.8 Å². The predicted molar refractivity (Wildman–Crippen MR) is 198 cm³/mol. The normalized spacial score (nSPS) is 17.5. The lowest BCUT2D eigenvalue weighted by atomic mass is 9.84. The molecule has 13 heteroatoms. The summed E-state index contributed by atoms with van der Waals surface area (Å²) >= 11 is 0. The van der Waals surface area contributed by atoms with Gasteiger partial charge in [0.15, 0.2) is 13.2 Å². The van der Waals surface area contributed by atoms with Gasteiger partial charge in [0.05, 0.1) is 38.2 Å². The van der Waals surface area contributed by atoms with Crippen LogP contribution in [0, 0.1) is 29.6 Å². The Morgan fingerprint density at radius 2 is 1.63 bits per heavy atom. The topological polar surface area (TPSA) is 190 Å². The van der Waals surface area contributed by atoms with E-state index >= 15 is 0 Å². The van der Waals surface area contributed by atoms with Gasteiger partial charge in [-0.2, -0.15) is 0 Å². The third-order valence-corrected chi connectivity index (χ3v) is 8.95. The molecular weight excluding hydrogens is 692 g/mol. The van der Waals surface area contributed by atoms with Crippen LogP contribution in [-0.2, 0) is 64.1 Å². The Morgan fingerprint density at radius 1 is 0.926 bits per heavy atom. The Kier molecular flexibility index (Phi) is 15.2. The standard InChI is InChI=1S/C41H44N4O9/c1-27-32(21-37(51-2)35(26-46)34(27)10-6-17-53-39(48)20-30-7-4-8-31(19-30)24-43)9-5-18-54-41(50)44-33-22-36(40(49)52-3)45(25-33)38(47)16-15-28-11-13-29(23-42)14-12-28/h4,7-8,11-14,19,21,33-34,36H,15-18,20,22-25,42-43H2,1-3H3,(H,44,50). The van der Waals surface area contributed by atoms with E-state index < -0.39 is 36.0 Å². The second-order valence-corrected chi connectivity index (χ2v) is 12.5. The van der Waals surface area contributed by atoms with Crippen molar-refractivity contribution in [2.45, 2.75) is 57.8 Å². The number of aryl methyl sites for hydroxylation is 1. The number of rotatable bonds is 12. The molecule has 3 atom stereocenters. The highest BCUT2D eigenvalue weighted by Crippen LogP contribution is 2.32. The molecule has 282 valence electrons. The van der Waals surface area contributed by atoms with Crippen LogP contribution in [0.5, 0.6) is 0 Å². The molecule has 2 amide bonds. The van der Waals surface area contributed by atoms with Gasteiger partial charge >= 0.3 is 18.0 Å². The number of carbonyl (C=O) groups excluding carboxylic acids is 5. The van der Waals surface area contributed by atoms with E-state index in [1.165, 1.54) is 19.1 Å². The molecule has 2 aliphatic rings. The molecule has 4 rings (SSSR count). The molecule has 0 spiro atoms. The number of carbonyl (C=O) groups is 4. The summed E-state index contributed by atoms with van der Waals surface area (Å²) in [5, 5.41) is 2.71. The number of nitrogens with one attached hydrogen (secondary N) is 1. The van der Waals surface area contributed by atoms with Gasteiger partial charge in [-0.15, -0.1) is 0 Å². The van der Waals surface area contributed by atoms with Crippen LogP contribution < -0.4 is 16.8 Å². The van der Waals surface area contributed by atoms with E-state index in [4.69, 9.17) is 30.4 Å². The van der Waals surface area contributed by atoms with Gasteiger partial charge in [-0.05, 0) is 47.2 Å². The fourth-order valence-corrected chi connectivity index (χ4v) is 6.03. The van der Waals surface area contributed by atoms with Crippen molar-refractivity contribution in [3.05, 3.63) is 99.3 Å². The zero-order valence-corrected chi connectivity index (χ0v) is 30.6. The Hall–Kier alpha value is -6.11. The van der Waals surface area contributed by atoms with Crippen LogP contribution in [0.25, 0.3) is 0 Å². The number of hydrogen-bond acceptors (Lipinski definition) is 11. The Balaban J connectivity index is 1.32. The minimum atomic E-state index is -0.845. The van der Waals surface area contributed by atoms with Gasteiger partial charge in [0.2, 0.25) is 5.91 Å². The first kappa shape index (κ1) is 40.7. The number of amides is 2. The molecular formula is C41H44N4O9. The van der Waals surface area contributed by atoms with Crippen LogP contribution in [0.1, 0.15) is 42.0 Å². The fourth-order valence-electron chi connectivity index (χ4n) is 6.03. The number of likely N-dealkylation sites (tertiary alicyclic amines) is 1. The van der Waals surface area contributed by atoms with E-state index in [2.05, 4.69) is 29.0 Å². The Bertz CT molecular complexity index is 1960. The Labute approximate surface area is 314 Å². The van der Waals surface area contributed by atoms with E-state index in [9.17, 15) is 24.0 Å². The van der Waals surface area contributed by atoms with Gasteiger partial charge in [-0.3, -0.25) is 9.59 Å². The first-order valence-electron chi connectivity index (χ1n) is 17.3. The van der Waals surface area contributed by atoms with Gasteiger partial charge < -0.3 is 40.6 Å². The molecule has 1 aliphatic carbocycles. The molecule has 1 aliphatic heterocycles. The van der Waals surface area contributed by atoms with Crippen LogP contribution in [0.4, 0.5) is 4.79 Å². The second-order valence-electron chi connectivity index (χ2n) is 12.5. The van der Waals surface area contributed by atoms with Crippen molar-refractivity contribution < 1.29 is 42.9 Å². The monoisotopic (exact) mass is 736 g/mol. The molecule has 2 aromatic carbocycles. The number of alkyl carbamates (subject to hydrolysis) is 1. The third-order valence-electron chi connectivity index (χ3n) is 8.95. The number of nitrogens with zero attached hydrogens (tertiary/aromatic N) is 1. The maximum absolute atomic E-state index is 13.1. The molecule has 3 unspecified atom stereocenters. The summed E-state index contributed by atoms with van der Waals surface area (Å²) in [5.74, 6) is 11.6. The number of esters is 2. The number of hydrogen-bond donors (Lipinski definition) is 3. The SMILES string of the molecule is COC(=O)C1CC(NC(=O)OCC#CC2=C(C)C(C#CCOC(=O)Cc3cccc(CN)c3)C(=C=O)C(OC)=C2)CN1C(=O)CCc1ccc(CN)cc1. The van der Waals surface area contributed by atoms with Gasteiger partial charge in [0.25, 0.3) is 0 Å². The Morgan fingerprint density at radius 3 is 2.31 bits per heavy atom. The van der Waals surface area contributed by atoms with Gasteiger partial charge in [-0.25, -0.2) is 14.4 Å². The minimum Gasteiger partial charge on any atom is -0.496 e. The van der Waals surface area contributed by atoms with Crippen LogP contribution >= 0.6 is 0 Å². The number of ether oxygens (including phenoxy) is 4. The largest absolute Gasteiger partial charge is 0.496 e. The summed E-state index contributed by atoms with van der Waals surface area (Å²) in [5.41, 5.74) is 16.2. The van der Waals surface area contributed by atoms with Gasteiger partial charge in [0, 0.05) is 38.0 Å². The molecule has 1 fully saturated rings. The predicted octanol–water partition coefficient (Wildman–Crippen LogP) is 2.43. The second kappa shape index (κ2) is 20.2. The van der Waals surface area contributed by atoms with Crippen molar-refractivity contribution in [1.29, 1.82) is 0 Å². The van der Waals surface area contributed by atoms with E-state index in [0.29, 0.717) is 30.7 Å². The molecule has 0 saturated carbocycles. The first-order chi connectivity index (χ1) is 26.1. The third kappa shape index (κ3) is 11.2. The summed E-state index contributed by atoms with van der Waals surface area (Å²) in [6, 6.07) is 13.6. The molecule has 54 heavy (non-hydrogen) atoms. The zero-order chi connectivity index (χ0) is 39.0. The zero-order valence-electron chi connectivity index (χ0n) is 30.6. The fraction of sp³-hybridized carbons (Fsp3) is 0.366.